The zero-order valence-electron chi connectivity index (χ0n) is 11.7. The van der Waals surface area contributed by atoms with E-state index < -0.39 is 0 Å². The lowest BCUT2D eigenvalue weighted by molar-refractivity contribution is -0.116. The van der Waals surface area contributed by atoms with Crippen LogP contribution in [0.15, 0.2) is 58.7 Å². The summed E-state index contributed by atoms with van der Waals surface area (Å²) in [7, 11) is 0. The maximum atomic E-state index is 11.8. The van der Waals surface area contributed by atoms with Gasteiger partial charge in [-0.1, -0.05) is 6.07 Å². The lowest BCUT2D eigenvalue weighted by Gasteiger charge is -2.04. The number of amides is 1. The molecule has 0 radical (unpaired) electrons. The molecule has 0 aliphatic carbocycles. The highest BCUT2D eigenvalue weighted by Crippen LogP contribution is 2.20. The van der Waals surface area contributed by atoms with Gasteiger partial charge in [-0.15, -0.1) is 11.3 Å². The molecular weight excluding hydrogens is 312 g/mol. The second-order valence-electron chi connectivity index (χ2n) is 4.63. The van der Waals surface area contributed by atoms with Crippen LogP contribution in [0, 0.1) is 0 Å². The third kappa shape index (κ3) is 3.90. The molecule has 5 heteroatoms. The van der Waals surface area contributed by atoms with Gasteiger partial charge in [0.2, 0.25) is 5.91 Å². The fraction of sp³-hybridized carbons (Fsp3) is 0.0588. The third-order valence-corrected chi connectivity index (χ3v) is 4.57. The summed E-state index contributed by atoms with van der Waals surface area (Å²) in [5, 5.41) is 8.97. The molecule has 3 rings (SSSR count). The molecule has 3 aromatic heterocycles. The molecule has 3 aromatic rings. The fourth-order valence-electron chi connectivity index (χ4n) is 1.94. The largest absolute Gasteiger partial charge is 0.348 e. The van der Waals surface area contributed by atoms with E-state index >= 15 is 0 Å². The van der Waals surface area contributed by atoms with Crippen LogP contribution in [0.25, 0.3) is 17.3 Å². The van der Waals surface area contributed by atoms with Crippen molar-refractivity contribution in [1.29, 1.82) is 0 Å². The predicted molar refractivity (Wildman–Crippen MR) is 92.7 cm³/mol. The molecule has 0 aliphatic rings. The highest BCUT2D eigenvalue weighted by Gasteiger charge is 2.02. The van der Waals surface area contributed by atoms with Crippen molar-refractivity contribution in [1.82, 2.24) is 10.3 Å². The van der Waals surface area contributed by atoms with E-state index in [1.165, 1.54) is 0 Å². The Labute approximate surface area is 137 Å². The standard InChI is InChI=1S/C17H14N2OS2/c20-17(4-3-15-2-1-8-22-15)19-11-13-5-7-18-16(10-13)14-6-9-21-12-14/h1-10,12H,11H2,(H,19,20). The topological polar surface area (TPSA) is 42.0 Å². The first-order chi connectivity index (χ1) is 10.8. The molecule has 3 nitrogen and oxygen atoms in total. The van der Waals surface area contributed by atoms with E-state index in [4.69, 9.17) is 0 Å². The Hall–Kier alpha value is -2.24. The summed E-state index contributed by atoms with van der Waals surface area (Å²) in [6.45, 7) is 0.493. The number of aromatic nitrogens is 1. The Bertz CT molecular complexity index is 762. The Balaban J connectivity index is 1.59. The van der Waals surface area contributed by atoms with Crippen LogP contribution >= 0.6 is 22.7 Å². The molecule has 0 saturated heterocycles. The van der Waals surface area contributed by atoms with Crippen molar-refractivity contribution in [2.45, 2.75) is 6.54 Å². The minimum atomic E-state index is -0.0951. The molecule has 0 atom stereocenters. The van der Waals surface area contributed by atoms with Crippen LogP contribution in [0.1, 0.15) is 10.4 Å². The summed E-state index contributed by atoms with van der Waals surface area (Å²) in [4.78, 5) is 17.2. The zero-order valence-corrected chi connectivity index (χ0v) is 13.4. The summed E-state index contributed by atoms with van der Waals surface area (Å²) >= 11 is 3.25. The number of carbonyl (C=O) groups excluding carboxylic acids is 1. The number of nitrogens with one attached hydrogen (secondary N) is 1. The van der Waals surface area contributed by atoms with Gasteiger partial charge in [-0.25, -0.2) is 0 Å². The van der Waals surface area contributed by atoms with Gasteiger partial charge in [-0.3, -0.25) is 9.78 Å². The molecule has 0 spiro atoms. The molecule has 0 aromatic carbocycles. The maximum absolute atomic E-state index is 11.8. The maximum Gasteiger partial charge on any atom is 0.244 e. The molecule has 110 valence electrons. The highest BCUT2D eigenvalue weighted by atomic mass is 32.1. The van der Waals surface area contributed by atoms with Crippen LogP contribution < -0.4 is 5.32 Å². The molecule has 0 saturated carbocycles. The summed E-state index contributed by atoms with van der Waals surface area (Å²) in [6.07, 6.45) is 5.16. The molecule has 0 unspecified atom stereocenters. The monoisotopic (exact) mass is 326 g/mol. The van der Waals surface area contributed by atoms with Gasteiger partial charge in [-0.2, -0.15) is 11.3 Å². The molecule has 0 fully saturated rings. The summed E-state index contributed by atoms with van der Waals surface area (Å²) in [5.41, 5.74) is 3.08. The van der Waals surface area contributed by atoms with E-state index in [-0.39, 0.29) is 5.91 Å². The number of thiophene rings is 2. The van der Waals surface area contributed by atoms with E-state index in [0.29, 0.717) is 6.54 Å². The van der Waals surface area contributed by atoms with Crippen molar-refractivity contribution in [3.8, 4) is 11.3 Å². The normalized spacial score (nSPS) is 10.9. The van der Waals surface area contributed by atoms with Crippen LogP contribution in [0.3, 0.4) is 0 Å². The summed E-state index contributed by atoms with van der Waals surface area (Å²) in [5.74, 6) is -0.0951. The van der Waals surface area contributed by atoms with Gasteiger partial charge < -0.3 is 5.32 Å². The molecule has 22 heavy (non-hydrogen) atoms. The zero-order chi connectivity index (χ0) is 15.2. The van der Waals surface area contributed by atoms with Gasteiger partial charge in [0.15, 0.2) is 0 Å². The minimum Gasteiger partial charge on any atom is -0.348 e. The van der Waals surface area contributed by atoms with Crippen molar-refractivity contribution >= 4 is 34.7 Å². The van der Waals surface area contributed by atoms with E-state index in [2.05, 4.69) is 15.7 Å². The first-order valence-electron chi connectivity index (χ1n) is 6.78. The second-order valence-corrected chi connectivity index (χ2v) is 6.39. The highest BCUT2D eigenvalue weighted by molar-refractivity contribution is 7.10. The Kier molecular flexibility index (Phi) is 4.78. The van der Waals surface area contributed by atoms with E-state index in [9.17, 15) is 4.79 Å². The van der Waals surface area contributed by atoms with Crippen molar-refractivity contribution in [2.75, 3.05) is 0 Å². The van der Waals surface area contributed by atoms with Crippen LogP contribution in [0.2, 0.25) is 0 Å². The van der Waals surface area contributed by atoms with Gasteiger partial charge in [0.1, 0.15) is 0 Å². The van der Waals surface area contributed by atoms with Gasteiger partial charge in [-0.05, 0) is 46.7 Å². The molecular formula is C17H14N2OS2. The molecule has 3 heterocycles. The van der Waals surface area contributed by atoms with E-state index in [1.54, 1.807) is 34.9 Å². The van der Waals surface area contributed by atoms with Crippen LogP contribution in [-0.4, -0.2) is 10.9 Å². The van der Waals surface area contributed by atoms with E-state index in [0.717, 1.165) is 21.7 Å². The fourth-order valence-corrected chi connectivity index (χ4v) is 3.21. The SMILES string of the molecule is O=C(C=Cc1cccs1)NCc1ccnc(-c2ccsc2)c1. The smallest absolute Gasteiger partial charge is 0.244 e. The van der Waals surface area contributed by atoms with Gasteiger partial charge >= 0.3 is 0 Å². The average Bonchev–Trinajstić information content (AvgIpc) is 3.24. The third-order valence-electron chi connectivity index (χ3n) is 3.05. The predicted octanol–water partition coefficient (Wildman–Crippen LogP) is 4.20. The van der Waals surface area contributed by atoms with Crippen molar-refractivity contribution in [3.63, 3.8) is 0 Å². The number of pyridine rings is 1. The second kappa shape index (κ2) is 7.15. The quantitative estimate of drug-likeness (QED) is 0.714. The van der Waals surface area contributed by atoms with Gasteiger partial charge in [0.05, 0.1) is 5.69 Å². The van der Waals surface area contributed by atoms with Gasteiger partial charge in [0, 0.05) is 34.6 Å². The number of hydrogen-bond donors (Lipinski definition) is 1. The first-order valence-corrected chi connectivity index (χ1v) is 8.60. The van der Waals surface area contributed by atoms with Crippen LogP contribution in [-0.2, 0) is 11.3 Å². The Morgan fingerprint density at radius 1 is 1.27 bits per heavy atom. The van der Waals surface area contributed by atoms with Crippen molar-refractivity contribution < 1.29 is 4.79 Å². The summed E-state index contributed by atoms with van der Waals surface area (Å²) in [6, 6.07) is 9.90. The molecule has 0 aliphatic heterocycles. The van der Waals surface area contributed by atoms with Gasteiger partial charge in [0.25, 0.3) is 0 Å². The summed E-state index contributed by atoms with van der Waals surface area (Å²) < 4.78 is 0. The van der Waals surface area contributed by atoms with Crippen LogP contribution in [0.4, 0.5) is 0 Å². The number of hydrogen-bond acceptors (Lipinski definition) is 4. The average molecular weight is 326 g/mol. The molecule has 1 N–H and O–H groups in total. The lowest BCUT2D eigenvalue weighted by Crippen LogP contribution is -2.20. The minimum absolute atomic E-state index is 0.0951. The number of nitrogens with zero attached hydrogens (tertiary/aromatic N) is 1. The number of rotatable bonds is 5. The first kappa shape index (κ1) is 14.7. The van der Waals surface area contributed by atoms with Crippen molar-refractivity contribution in [3.05, 3.63) is 69.2 Å². The van der Waals surface area contributed by atoms with E-state index in [1.807, 2.05) is 47.2 Å². The lowest BCUT2D eigenvalue weighted by atomic mass is 10.1. The Morgan fingerprint density at radius 2 is 2.23 bits per heavy atom. The molecule has 0 bridgehead atoms. The molecule has 1 amide bonds. The Morgan fingerprint density at radius 3 is 3.00 bits per heavy atom. The van der Waals surface area contributed by atoms with Crippen molar-refractivity contribution in [2.24, 2.45) is 0 Å². The van der Waals surface area contributed by atoms with Crippen LogP contribution in [0.5, 0.6) is 0 Å². The number of carbonyl (C=O) groups is 1.